The number of carbonyl (C=O) groups is 1. The van der Waals surface area contributed by atoms with Crippen molar-refractivity contribution >= 4 is 16.8 Å². The summed E-state index contributed by atoms with van der Waals surface area (Å²) in [6.07, 6.45) is 0. The highest BCUT2D eigenvalue weighted by Crippen LogP contribution is 2.32. The van der Waals surface area contributed by atoms with Crippen LogP contribution < -0.4 is 19.8 Å². The Hall–Kier alpha value is -3.48. The second-order valence-corrected chi connectivity index (χ2v) is 6.31. The van der Waals surface area contributed by atoms with E-state index in [1.807, 2.05) is 18.2 Å². The summed E-state index contributed by atoms with van der Waals surface area (Å²) < 4.78 is 15.9. The molecule has 138 valence electrons. The average molecular weight is 366 g/mol. The minimum Gasteiger partial charge on any atom is -0.497 e. The lowest BCUT2D eigenvalue weighted by Crippen LogP contribution is -2.31. The molecule has 4 rings (SSSR count). The smallest absolute Gasteiger partial charge is 0.261 e. The maximum Gasteiger partial charge on any atom is 0.261 e. The number of nitrogens with one attached hydrogen (secondary N) is 1. The van der Waals surface area contributed by atoms with Gasteiger partial charge < -0.3 is 24.1 Å². The number of fused-ring (bicyclic) bond motifs is 2. The molecule has 0 fully saturated rings. The third-order valence-electron chi connectivity index (χ3n) is 4.49. The molecule has 1 aliphatic rings. The van der Waals surface area contributed by atoms with Crippen LogP contribution in [0.25, 0.3) is 10.9 Å². The number of pyridine rings is 1. The molecule has 0 atom stereocenters. The van der Waals surface area contributed by atoms with Crippen LogP contribution in [0.1, 0.15) is 15.9 Å². The lowest BCUT2D eigenvalue weighted by Gasteiger charge is -2.17. The Morgan fingerprint density at radius 1 is 1.15 bits per heavy atom. The fourth-order valence-electron chi connectivity index (χ4n) is 3.06. The summed E-state index contributed by atoms with van der Waals surface area (Å²) in [6.45, 7) is 0.536. The van der Waals surface area contributed by atoms with Crippen molar-refractivity contribution in [2.24, 2.45) is 0 Å². The van der Waals surface area contributed by atoms with E-state index in [0.717, 1.165) is 10.9 Å². The largest absolute Gasteiger partial charge is 0.497 e. The summed E-state index contributed by atoms with van der Waals surface area (Å²) in [7, 11) is 3.22. The van der Waals surface area contributed by atoms with Gasteiger partial charge in [0.1, 0.15) is 11.3 Å². The highest BCUT2D eigenvalue weighted by molar-refractivity contribution is 5.97. The van der Waals surface area contributed by atoms with E-state index in [1.165, 1.54) is 4.90 Å². The average Bonchev–Trinajstić information content (AvgIpc) is 3.14. The highest BCUT2D eigenvalue weighted by Gasteiger charge is 2.19. The summed E-state index contributed by atoms with van der Waals surface area (Å²) >= 11 is 0. The molecule has 0 saturated heterocycles. The highest BCUT2D eigenvalue weighted by atomic mass is 16.7. The third kappa shape index (κ3) is 3.19. The van der Waals surface area contributed by atoms with Gasteiger partial charge in [0, 0.05) is 24.5 Å². The zero-order valence-corrected chi connectivity index (χ0v) is 14.9. The molecule has 3 aromatic rings. The molecule has 2 aromatic carbocycles. The lowest BCUT2D eigenvalue weighted by atomic mass is 10.1. The van der Waals surface area contributed by atoms with Crippen molar-refractivity contribution < 1.29 is 19.0 Å². The number of aromatic amines is 1. The van der Waals surface area contributed by atoms with Gasteiger partial charge in [-0.2, -0.15) is 0 Å². The molecule has 2 heterocycles. The summed E-state index contributed by atoms with van der Waals surface area (Å²) in [5.74, 6) is 1.64. The summed E-state index contributed by atoms with van der Waals surface area (Å²) in [4.78, 5) is 29.4. The van der Waals surface area contributed by atoms with Crippen molar-refractivity contribution in [2.45, 2.75) is 6.54 Å². The molecule has 0 aliphatic carbocycles. The van der Waals surface area contributed by atoms with E-state index in [0.29, 0.717) is 29.3 Å². The number of hydrogen-bond donors (Lipinski definition) is 1. The van der Waals surface area contributed by atoms with Crippen LogP contribution in [0.3, 0.4) is 0 Å². The molecule has 1 aromatic heterocycles. The first kappa shape index (κ1) is 17.0. The standard InChI is InChI=1S/C20H18N2O5/c1-22(10-12-3-6-17-18(7-12)27-11-26-17)20(24)15-9-13-8-14(25-2)4-5-16(13)21-19(15)23/h3-9H,10-11H2,1-2H3,(H,21,23). The van der Waals surface area contributed by atoms with Crippen molar-refractivity contribution in [3.05, 3.63) is 63.9 Å². The molecular formula is C20H18N2O5. The molecule has 1 N–H and O–H groups in total. The van der Waals surface area contributed by atoms with Crippen molar-refractivity contribution in [1.29, 1.82) is 0 Å². The lowest BCUT2D eigenvalue weighted by molar-refractivity contribution is 0.0783. The molecule has 0 unspecified atom stereocenters. The van der Waals surface area contributed by atoms with Crippen LogP contribution in [0.2, 0.25) is 0 Å². The molecule has 1 aliphatic heterocycles. The molecule has 0 radical (unpaired) electrons. The monoisotopic (exact) mass is 366 g/mol. The first-order valence-electron chi connectivity index (χ1n) is 8.40. The number of carbonyl (C=O) groups excluding carboxylic acids is 1. The minimum absolute atomic E-state index is 0.0824. The van der Waals surface area contributed by atoms with Gasteiger partial charge in [0.15, 0.2) is 11.5 Å². The van der Waals surface area contributed by atoms with E-state index < -0.39 is 5.56 Å². The predicted octanol–water partition coefficient (Wildman–Crippen LogP) is 2.54. The van der Waals surface area contributed by atoms with Crippen LogP contribution in [-0.4, -0.2) is 36.7 Å². The van der Waals surface area contributed by atoms with E-state index in [9.17, 15) is 9.59 Å². The van der Waals surface area contributed by atoms with E-state index in [4.69, 9.17) is 14.2 Å². The fourth-order valence-corrected chi connectivity index (χ4v) is 3.06. The number of benzene rings is 2. The Balaban J connectivity index is 1.61. The van der Waals surface area contributed by atoms with E-state index in [-0.39, 0.29) is 18.3 Å². The molecular weight excluding hydrogens is 348 g/mol. The molecule has 1 amide bonds. The van der Waals surface area contributed by atoms with Crippen LogP contribution in [0.4, 0.5) is 0 Å². The van der Waals surface area contributed by atoms with Crippen LogP contribution in [0, 0.1) is 0 Å². The van der Waals surface area contributed by atoms with Gasteiger partial charge in [0.05, 0.1) is 7.11 Å². The van der Waals surface area contributed by atoms with Gasteiger partial charge in [0.2, 0.25) is 6.79 Å². The maximum absolute atomic E-state index is 12.8. The van der Waals surface area contributed by atoms with Gasteiger partial charge in [-0.3, -0.25) is 9.59 Å². The minimum atomic E-state index is -0.421. The van der Waals surface area contributed by atoms with Crippen LogP contribution in [-0.2, 0) is 6.54 Å². The molecule has 0 saturated carbocycles. The van der Waals surface area contributed by atoms with Crippen molar-refractivity contribution in [2.75, 3.05) is 21.0 Å². The number of methoxy groups -OCH3 is 1. The Morgan fingerprint density at radius 3 is 2.78 bits per heavy atom. The predicted molar refractivity (Wildman–Crippen MR) is 99.5 cm³/mol. The van der Waals surface area contributed by atoms with Crippen molar-refractivity contribution in [1.82, 2.24) is 9.88 Å². The van der Waals surface area contributed by atoms with Gasteiger partial charge in [0.25, 0.3) is 11.5 Å². The first-order valence-corrected chi connectivity index (χ1v) is 8.40. The molecule has 0 spiro atoms. The quantitative estimate of drug-likeness (QED) is 0.767. The van der Waals surface area contributed by atoms with Gasteiger partial charge in [-0.05, 0) is 42.0 Å². The normalized spacial score (nSPS) is 12.2. The Kier molecular flexibility index (Phi) is 4.19. The van der Waals surface area contributed by atoms with Crippen LogP contribution >= 0.6 is 0 Å². The second kappa shape index (κ2) is 6.68. The van der Waals surface area contributed by atoms with Gasteiger partial charge in [-0.25, -0.2) is 0 Å². The van der Waals surface area contributed by atoms with E-state index in [2.05, 4.69) is 4.98 Å². The molecule has 27 heavy (non-hydrogen) atoms. The zero-order valence-electron chi connectivity index (χ0n) is 14.9. The Morgan fingerprint density at radius 2 is 1.96 bits per heavy atom. The molecule has 7 nitrogen and oxygen atoms in total. The SMILES string of the molecule is COc1ccc2[nH]c(=O)c(C(=O)N(C)Cc3ccc4c(c3)OCO4)cc2c1. The van der Waals surface area contributed by atoms with Crippen molar-refractivity contribution in [3.8, 4) is 17.2 Å². The van der Waals surface area contributed by atoms with Gasteiger partial charge in [-0.15, -0.1) is 0 Å². The van der Waals surface area contributed by atoms with Gasteiger partial charge >= 0.3 is 0 Å². The topological polar surface area (TPSA) is 80.9 Å². The van der Waals surface area contributed by atoms with Gasteiger partial charge in [-0.1, -0.05) is 6.07 Å². The number of ether oxygens (including phenoxy) is 3. The Bertz CT molecular complexity index is 1090. The number of rotatable bonds is 4. The summed E-state index contributed by atoms with van der Waals surface area (Å²) in [5, 5.41) is 0.730. The number of amides is 1. The molecule has 7 heteroatoms. The third-order valence-corrected chi connectivity index (χ3v) is 4.49. The zero-order chi connectivity index (χ0) is 19.0. The fraction of sp³-hybridized carbons (Fsp3) is 0.200. The van der Waals surface area contributed by atoms with Crippen LogP contribution in [0.15, 0.2) is 47.3 Å². The number of hydrogen-bond acceptors (Lipinski definition) is 5. The van der Waals surface area contributed by atoms with Crippen LogP contribution in [0.5, 0.6) is 17.2 Å². The van der Waals surface area contributed by atoms with E-state index in [1.54, 1.807) is 38.4 Å². The second-order valence-electron chi connectivity index (χ2n) is 6.31. The van der Waals surface area contributed by atoms with E-state index >= 15 is 0 Å². The maximum atomic E-state index is 12.8. The molecule has 0 bridgehead atoms. The first-order chi connectivity index (χ1) is 13.0. The number of H-pyrrole nitrogens is 1. The Labute approximate surface area is 155 Å². The summed E-state index contributed by atoms with van der Waals surface area (Å²) in [5.41, 5.74) is 1.19. The number of aromatic nitrogens is 1. The number of nitrogens with zero attached hydrogens (tertiary/aromatic N) is 1. The summed E-state index contributed by atoms with van der Waals surface area (Å²) in [6, 6.07) is 12.4. The van der Waals surface area contributed by atoms with Crippen molar-refractivity contribution in [3.63, 3.8) is 0 Å².